The second-order valence-electron chi connectivity index (χ2n) is 7.38. The van der Waals surface area contributed by atoms with Crippen LogP contribution in [0, 0.1) is 25.2 Å². The lowest BCUT2D eigenvalue weighted by Gasteiger charge is -2.15. The third kappa shape index (κ3) is 4.15. The number of nitriles is 1. The second kappa shape index (κ2) is 8.73. The zero-order valence-electron chi connectivity index (χ0n) is 18.1. The number of hydrogen-bond donors (Lipinski definition) is 2. The first-order chi connectivity index (χ1) is 15.4. The number of ether oxygens (including phenoxy) is 2. The molecule has 1 unspecified atom stereocenters. The van der Waals surface area contributed by atoms with Crippen molar-refractivity contribution in [3.63, 3.8) is 0 Å². The Bertz CT molecular complexity index is 1380. The van der Waals surface area contributed by atoms with Gasteiger partial charge in [-0.05, 0) is 62.7 Å². The Kier molecular flexibility index (Phi) is 5.84. The highest BCUT2D eigenvalue weighted by atomic mass is 32.1. The molecule has 2 N–H and O–H groups in total. The summed E-state index contributed by atoms with van der Waals surface area (Å²) in [6.45, 7) is 5.90. The van der Waals surface area contributed by atoms with E-state index in [0.717, 1.165) is 21.0 Å². The van der Waals surface area contributed by atoms with Crippen molar-refractivity contribution in [1.82, 2.24) is 9.97 Å². The topological polar surface area (TPSA) is 100 Å². The van der Waals surface area contributed by atoms with Gasteiger partial charge in [-0.2, -0.15) is 5.26 Å². The molecule has 32 heavy (non-hydrogen) atoms. The number of aryl methyl sites for hydroxylation is 2. The number of anilines is 1. The molecule has 7 nitrogen and oxygen atoms in total. The van der Waals surface area contributed by atoms with Crippen molar-refractivity contribution in [2.24, 2.45) is 0 Å². The third-order valence-electron chi connectivity index (χ3n) is 5.23. The van der Waals surface area contributed by atoms with Crippen molar-refractivity contribution < 1.29 is 9.47 Å². The number of aromatic amines is 1. The molecule has 162 valence electrons. The number of aromatic nitrogens is 2. The van der Waals surface area contributed by atoms with Crippen molar-refractivity contribution in [2.45, 2.75) is 26.8 Å². The van der Waals surface area contributed by atoms with Crippen molar-refractivity contribution in [2.75, 3.05) is 12.4 Å². The Morgan fingerprint density at radius 2 is 1.91 bits per heavy atom. The highest BCUT2D eigenvalue weighted by Crippen LogP contribution is 2.33. The van der Waals surface area contributed by atoms with Crippen LogP contribution in [-0.4, -0.2) is 17.1 Å². The third-order valence-corrected chi connectivity index (χ3v) is 6.33. The van der Waals surface area contributed by atoms with Gasteiger partial charge >= 0.3 is 0 Å². The quantitative estimate of drug-likeness (QED) is 0.409. The van der Waals surface area contributed by atoms with E-state index in [9.17, 15) is 4.79 Å². The summed E-state index contributed by atoms with van der Waals surface area (Å²) in [7, 11) is 1.53. The van der Waals surface area contributed by atoms with Crippen LogP contribution in [0.2, 0.25) is 0 Å². The molecular weight excluding hydrogens is 424 g/mol. The van der Waals surface area contributed by atoms with Gasteiger partial charge in [-0.3, -0.25) is 4.79 Å². The molecule has 0 aliphatic carbocycles. The van der Waals surface area contributed by atoms with Crippen LogP contribution in [0.25, 0.3) is 10.2 Å². The average Bonchev–Trinajstić information content (AvgIpc) is 3.09. The van der Waals surface area contributed by atoms with Crippen molar-refractivity contribution in [3.8, 4) is 23.3 Å². The number of H-pyrrole nitrogens is 1. The van der Waals surface area contributed by atoms with E-state index in [4.69, 9.17) is 14.7 Å². The predicted octanol–water partition coefficient (Wildman–Crippen LogP) is 5.45. The van der Waals surface area contributed by atoms with Gasteiger partial charge in [0.1, 0.15) is 16.4 Å². The zero-order chi connectivity index (χ0) is 22.8. The van der Waals surface area contributed by atoms with E-state index >= 15 is 0 Å². The Morgan fingerprint density at radius 1 is 1.16 bits per heavy atom. The summed E-state index contributed by atoms with van der Waals surface area (Å²) in [6, 6.07) is 14.3. The molecule has 0 aliphatic rings. The van der Waals surface area contributed by atoms with Gasteiger partial charge in [0.2, 0.25) is 0 Å². The number of fused-ring (bicyclic) bond motifs is 1. The van der Waals surface area contributed by atoms with Gasteiger partial charge in [-0.25, -0.2) is 4.98 Å². The van der Waals surface area contributed by atoms with Gasteiger partial charge in [0.15, 0.2) is 11.5 Å². The van der Waals surface area contributed by atoms with Crippen molar-refractivity contribution in [3.05, 3.63) is 74.6 Å². The van der Waals surface area contributed by atoms with Crippen LogP contribution in [0.3, 0.4) is 0 Å². The first-order valence-corrected chi connectivity index (χ1v) is 10.8. The molecule has 4 rings (SSSR count). The average molecular weight is 447 g/mol. The molecule has 0 amide bonds. The van der Waals surface area contributed by atoms with Gasteiger partial charge < -0.3 is 19.8 Å². The highest BCUT2D eigenvalue weighted by molar-refractivity contribution is 7.18. The normalized spacial score (nSPS) is 11.7. The van der Waals surface area contributed by atoms with Crippen LogP contribution in [0.4, 0.5) is 5.69 Å². The minimum absolute atomic E-state index is 0.111. The molecule has 0 bridgehead atoms. The molecule has 2 aromatic carbocycles. The van der Waals surface area contributed by atoms with Gasteiger partial charge in [0.05, 0.1) is 30.2 Å². The standard InChI is InChI=1S/C24H22N4O3S/c1-13-15(3)32-24-21(13)23(29)27-22(28-24)14(2)26-17-6-8-18(9-7-17)31-19-10-5-16(12-25)11-20(19)30-4/h5-11,14,26H,1-4H3,(H,27,28,29). The number of nitrogens with zero attached hydrogens (tertiary/aromatic N) is 2. The van der Waals surface area contributed by atoms with Crippen molar-refractivity contribution >= 4 is 27.2 Å². The summed E-state index contributed by atoms with van der Waals surface area (Å²) < 4.78 is 11.2. The molecule has 8 heteroatoms. The number of rotatable bonds is 6. The Labute approximate surface area is 189 Å². The zero-order valence-corrected chi connectivity index (χ0v) is 19.0. The monoisotopic (exact) mass is 446 g/mol. The Balaban J connectivity index is 1.50. The van der Waals surface area contributed by atoms with Crippen LogP contribution in [-0.2, 0) is 0 Å². The summed E-state index contributed by atoms with van der Waals surface area (Å²) in [5, 5.41) is 13.1. The minimum Gasteiger partial charge on any atom is -0.493 e. The molecule has 0 radical (unpaired) electrons. The lowest BCUT2D eigenvalue weighted by Crippen LogP contribution is -2.17. The van der Waals surface area contributed by atoms with Crippen LogP contribution in [0.1, 0.15) is 34.8 Å². The summed E-state index contributed by atoms with van der Waals surface area (Å²) in [6.07, 6.45) is 0. The number of hydrogen-bond acceptors (Lipinski definition) is 7. The first kappa shape index (κ1) is 21.4. The van der Waals surface area contributed by atoms with Crippen LogP contribution in [0.15, 0.2) is 47.3 Å². The van der Waals surface area contributed by atoms with Gasteiger partial charge in [-0.1, -0.05) is 0 Å². The molecule has 4 aromatic rings. The lowest BCUT2D eigenvalue weighted by atomic mass is 10.2. The van der Waals surface area contributed by atoms with E-state index in [2.05, 4.69) is 21.4 Å². The SMILES string of the molecule is COc1cc(C#N)ccc1Oc1ccc(NC(C)c2nc3sc(C)c(C)c3c(=O)[nH]2)cc1. The Morgan fingerprint density at radius 3 is 2.59 bits per heavy atom. The van der Waals surface area contributed by atoms with Crippen molar-refractivity contribution in [1.29, 1.82) is 5.26 Å². The Hall–Kier alpha value is -3.83. The van der Waals surface area contributed by atoms with E-state index in [1.54, 1.807) is 18.2 Å². The van der Waals surface area contributed by atoms with E-state index < -0.39 is 0 Å². The van der Waals surface area contributed by atoms with Gasteiger partial charge in [-0.15, -0.1) is 11.3 Å². The van der Waals surface area contributed by atoms with Gasteiger partial charge in [0, 0.05) is 16.6 Å². The van der Waals surface area contributed by atoms with E-state index in [1.165, 1.54) is 18.4 Å². The van der Waals surface area contributed by atoms with E-state index in [1.807, 2.05) is 45.0 Å². The molecular formula is C24H22N4O3S. The fourth-order valence-electron chi connectivity index (χ4n) is 3.36. The molecule has 1 atom stereocenters. The predicted molar refractivity (Wildman–Crippen MR) is 126 cm³/mol. The molecule has 0 saturated heterocycles. The smallest absolute Gasteiger partial charge is 0.259 e. The fourth-order valence-corrected chi connectivity index (χ4v) is 4.40. The maximum Gasteiger partial charge on any atom is 0.259 e. The van der Waals surface area contributed by atoms with E-state index in [-0.39, 0.29) is 11.6 Å². The molecule has 2 heterocycles. The van der Waals surface area contributed by atoms with Crippen LogP contribution >= 0.6 is 11.3 Å². The fraction of sp³-hybridized carbons (Fsp3) is 0.208. The second-order valence-corrected chi connectivity index (χ2v) is 8.59. The largest absolute Gasteiger partial charge is 0.493 e. The lowest BCUT2D eigenvalue weighted by molar-refractivity contribution is 0.379. The molecule has 0 saturated carbocycles. The highest BCUT2D eigenvalue weighted by Gasteiger charge is 2.15. The number of benzene rings is 2. The number of thiophene rings is 1. The minimum atomic E-state index is -0.194. The number of nitrogens with one attached hydrogen (secondary N) is 2. The molecule has 0 fully saturated rings. The molecule has 0 aliphatic heterocycles. The number of methoxy groups -OCH3 is 1. The van der Waals surface area contributed by atoms with E-state index in [0.29, 0.717) is 34.0 Å². The van der Waals surface area contributed by atoms with Crippen LogP contribution in [0.5, 0.6) is 17.2 Å². The molecule has 0 spiro atoms. The van der Waals surface area contributed by atoms with Gasteiger partial charge in [0.25, 0.3) is 5.56 Å². The summed E-state index contributed by atoms with van der Waals surface area (Å²) in [4.78, 5) is 22.0. The van der Waals surface area contributed by atoms with Crippen LogP contribution < -0.4 is 20.3 Å². The first-order valence-electron chi connectivity index (χ1n) is 10.0. The summed E-state index contributed by atoms with van der Waals surface area (Å²) in [5.74, 6) is 2.23. The summed E-state index contributed by atoms with van der Waals surface area (Å²) >= 11 is 1.54. The summed E-state index contributed by atoms with van der Waals surface area (Å²) in [5.41, 5.74) is 2.24. The molecule has 2 aromatic heterocycles. The maximum absolute atomic E-state index is 12.5. The maximum atomic E-state index is 12.5.